The molecule has 0 aromatic heterocycles. The van der Waals surface area contributed by atoms with Gasteiger partial charge in [-0.1, -0.05) is 15.9 Å². The second-order valence-electron chi connectivity index (χ2n) is 2.21. The van der Waals surface area contributed by atoms with Gasteiger partial charge in [-0.25, -0.2) is 5.43 Å². The first-order chi connectivity index (χ1) is 6.24. The number of hydrazone groups is 1. The third kappa shape index (κ3) is 2.87. The number of nitrogens with zero attached hydrogens (tertiary/aromatic N) is 1. The summed E-state index contributed by atoms with van der Waals surface area (Å²) in [5.74, 6) is 0.111. The standard InChI is InChI=1S/C8H7BrN2O2/c9-7-1-2-8(13)6(3-7)4-10-11-5-12/h1-5,13H,(H,11,12)/b10-4+. The summed E-state index contributed by atoms with van der Waals surface area (Å²) < 4.78 is 0.831. The number of phenols is 1. The highest BCUT2D eigenvalue weighted by Crippen LogP contribution is 2.19. The van der Waals surface area contributed by atoms with Crippen LogP contribution in [0.5, 0.6) is 5.75 Å². The van der Waals surface area contributed by atoms with E-state index in [1.807, 2.05) is 0 Å². The molecule has 1 aromatic rings. The number of hydrogen-bond donors (Lipinski definition) is 2. The first-order valence-electron chi connectivity index (χ1n) is 3.45. The van der Waals surface area contributed by atoms with Gasteiger partial charge in [0, 0.05) is 10.0 Å². The van der Waals surface area contributed by atoms with Crippen molar-refractivity contribution >= 4 is 28.6 Å². The van der Waals surface area contributed by atoms with E-state index in [0.717, 1.165) is 4.47 Å². The van der Waals surface area contributed by atoms with Crippen molar-refractivity contribution in [1.82, 2.24) is 5.43 Å². The molecule has 1 aromatic carbocycles. The van der Waals surface area contributed by atoms with Gasteiger partial charge in [0.2, 0.25) is 6.41 Å². The van der Waals surface area contributed by atoms with Crippen LogP contribution in [0, 0.1) is 0 Å². The molecular formula is C8H7BrN2O2. The highest BCUT2D eigenvalue weighted by atomic mass is 79.9. The Morgan fingerprint density at radius 2 is 2.31 bits per heavy atom. The Hall–Kier alpha value is -1.36. The normalized spacial score (nSPS) is 10.2. The first-order valence-corrected chi connectivity index (χ1v) is 4.24. The molecule has 0 aliphatic carbocycles. The molecule has 0 aliphatic heterocycles. The van der Waals surface area contributed by atoms with Gasteiger partial charge in [-0.15, -0.1) is 0 Å². The van der Waals surface area contributed by atoms with Crippen LogP contribution in [0.15, 0.2) is 27.8 Å². The second-order valence-corrected chi connectivity index (χ2v) is 3.12. The predicted octanol–water partition coefficient (Wildman–Crippen LogP) is 1.23. The molecule has 0 fully saturated rings. The molecule has 1 amide bonds. The van der Waals surface area contributed by atoms with Crippen LogP contribution in [0.4, 0.5) is 0 Å². The van der Waals surface area contributed by atoms with E-state index in [1.165, 1.54) is 12.3 Å². The van der Waals surface area contributed by atoms with E-state index in [4.69, 9.17) is 0 Å². The topological polar surface area (TPSA) is 61.7 Å². The van der Waals surface area contributed by atoms with Gasteiger partial charge >= 0.3 is 0 Å². The van der Waals surface area contributed by atoms with Crippen molar-refractivity contribution in [3.8, 4) is 5.75 Å². The number of nitrogens with one attached hydrogen (secondary N) is 1. The lowest BCUT2D eigenvalue weighted by Gasteiger charge is -1.97. The molecule has 2 N–H and O–H groups in total. The summed E-state index contributed by atoms with van der Waals surface area (Å²) in [6.45, 7) is 0. The quantitative estimate of drug-likeness (QED) is 0.476. The highest BCUT2D eigenvalue weighted by Gasteiger charge is 1.97. The van der Waals surface area contributed by atoms with Crippen molar-refractivity contribution in [2.45, 2.75) is 0 Å². The molecule has 0 saturated carbocycles. The van der Waals surface area contributed by atoms with Crippen molar-refractivity contribution in [2.24, 2.45) is 5.10 Å². The van der Waals surface area contributed by atoms with Gasteiger partial charge in [0.15, 0.2) is 0 Å². The minimum atomic E-state index is 0.111. The van der Waals surface area contributed by atoms with Crippen LogP contribution >= 0.6 is 15.9 Å². The van der Waals surface area contributed by atoms with Crippen LogP contribution in [0.2, 0.25) is 0 Å². The Labute approximate surface area is 83.4 Å². The number of rotatable bonds is 3. The molecular weight excluding hydrogens is 236 g/mol. The summed E-state index contributed by atoms with van der Waals surface area (Å²) >= 11 is 3.24. The lowest BCUT2D eigenvalue weighted by Crippen LogP contribution is -2.00. The Kier molecular flexibility index (Phi) is 3.45. The minimum absolute atomic E-state index is 0.111. The maximum atomic E-state index is 9.85. The van der Waals surface area contributed by atoms with E-state index in [9.17, 15) is 9.90 Å². The molecule has 68 valence electrons. The lowest BCUT2D eigenvalue weighted by molar-refractivity contribution is -0.109. The number of aromatic hydroxyl groups is 1. The summed E-state index contributed by atoms with van der Waals surface area (Å²) in [5, 5.41) is 12.8. The van der Waals surface area contributed by atoms with Crippen molar-refractivity contribution in [1.29, 1.82) is 0 Å². The fraction of sp³-hybridized carbons (Fsp3) is 0. The fourth-order valence-corrected chi connectivity index (χ4v) is 1.14. The summed E-state index contributed by atoms with van der Waals surface area (Å²) in [6.07, 6.45) is 1.81. The third-order valence-electron chi connectivity index (χ3n) is 1.32. The van der Waals surface area contributed by atoms with Gasteiger partial charge in [-0.3, -0.25) is 4.79 Å². The number of halogens is 1. The van der Waals surface area contributed by atoms with Gasteiger partial charge in [0.05, 0.1) is 6.21 Å². The summed E-state index contributed by atoms with van der Waals surface area (Å²) in [5.41, 5.74) is 2.64. The van der Waals surface area contributed by atoms with Gasteiger partial charge < -0.3 is 5.11 Å². The van der Waals surface area contributed by atoms with Crippen molar-refractivity contribution in [3.63, 3.8) is 0 Å². The van der Waals surface area contributed by atoms with Crippen molar-refractivity contribution in [3.05, 3.63) is 28.2 Å². The second kappa shape index (κ2) is 4.61. The smallest absolute Gasteiger partial charge is 0.227 e. The van der Waals surface area contributed by atoms with E-state index >= 15 is 0 Å². The summed E-state index contributed by atoms with van der Waals surface area (Å²) in [6, 6.07) is 4.93. The molecule has 0 spiro atoms. The van der Waals surface area contributed by atoms with Crippen LogP contribution in [0.3, 0.4) is 0 Å². The Balaban J connectivity index is 2.86. The van der Waals surface area contributed by atoms with Crippen molar-refractivity contribution in [2.75, 3.05) is 0 Å². The average molecular weight is 243 g/mol. The zero-order chi connectivity index (χ0) is 9.68. The number of amides is 1. The van der Waals surface area contributed by atoms with Crippen LogP contribution < -0.4 is 5.43 Å². The van der Waals surface area contributed by atoms with Gasteiger partial charge in [-0.2, -0.15) is 5.10 Å². The van der Waals surface area contributed by atoms with Crippen LogP contribution in [0.1, 0.15) is 5.56 Å². The molecule has 0 bridgehead atoms. The zero-order valence-corrected chi connectivity index (χ0v) is 8.15. The molecule has 0 atom stereocenters. The molecule has 5 heteroatoms. The molecule has 4 nitrogen and oxygen atoms in total. The van der Waals surface area contributed by atoms with Crippen LogP contribution in [0.25, 0.3) is 0 Å². The van der Waals surface area contributed by atoms with Gasteiger partial charge in [0.1, 0.15) is 5.75 Å². The molecule has 13 heavy (non-hydrogen) atoms. The maximum Gasteiger partial charge on any atom is 0.227 e. The molecule has 1 rings (SSSR count). The SMILES string of the molecule is O=CN/N=C/c1cc(Br)ccc1O. The zero-order valence-electron chi connectivity index (χ0n) is 6.57. The van der Waals surface area contributed by atoms with E-state index in [1.54, 1.807) is 12.1 Å². The van der Waals surface area contributed by atoms with E-state index in [0.29, 0.717) is 12.0 Å². The van der Waals surface area contributed by atoms with E-state index in [-0.39, 0.29) is 5.75 Å². The van der Waals surface area contributed by atoms with E-state index < -0.39 is 0 Å². The summed E-state index contributed by atoms with van der Waals surface area (Å²) in [4.78, 5) is 9.85. The first kappa shape index (κ1) is 9.73. The molecule has 0 saturated heterocycles. The fourth-order valence-electron chi connectivity index (χ4n) is 0.766. The number of hydrogen-bond acceptors (Lipinski definition) is 3. The Morgan fingerprint density at radius 3 is 3.00 bits per heavy atom. The van der Waals surface area contributed by atoms with Crippen LogP contribution in [-0.2, 0) is 4.79 Å². The monoisotopic (exact) mass is 242 g/mol. The largest absolute Gasteiger partial charge is 0.507 e. The predicted molar refractivity (Wildman–Crippen MR) is 52.6 cm³/mol. The Morgan fingerprint density at radius 1 is 1.54 bits per heavy atom. The molecule has 0 radical (unpaired) electrons. The van der Waals surface area contributed by atoms with Gasteiger partial charge in [-0.05, 0) is 18.2 Å². The highest BCUT2D eigenvalue weighted by molar-refractivity contribution is 9.10. The minimum Gasteiger partial charge on any atom is -0.507 e. The number of carbonyl (C=O) groups excluding carboxylic acids is 1. The lowest BCUT2D eigenvalue weighted by atomic mass is 10.2. The number of phenolic OH excluding ortho intramolecular Hbond substituents is 1. The number of carbonyl (C=O) groups is 1. The third-order valence-corrected chi connectivity index (χ3v) is 1.81. The summed E-state index contributed by atoms with van der Waals surface area (Å²) in [7, 11) is 0. The maximum absolute atomic E-state index is 9.85. The molecule has 0 heterocycles. The molecule has 0 aliphatic rings. The van der Waals surface area contributed by atoms with Crippen LogP contribution in [-0.4, -0.2) is 17.7 Å². The van der Waals surface area contributed by atoms with E-state index in [2.05, 4.69) is 26.5 Å². The number of benzene rings is 1. The Bertz CT molecular complexity index is 339. The van der Waals surface area contributed by atoms with Crippen molar-refractivity contribution < 1.29 is 9.90 Å². The van der Waals surface area contributed by atoms with Gasteiger partial charge in [0.25, 0.3) is 0 Å². The molecule has 0 unspecified atom stereocenters. The average Bonchev–Trinajstić information content (AvgIpc) is 2.11.